The molecule has 15 heteroatoms. The molecule has 0 spiro atoms. The lowest BCUT2D eigenvalue weighted by Gasteiger charge is -2.49. The fourth-order valence-corrected chi connectivity index (χ4v) is 6.57. The molecular weight excluding hydrogens is 484 g/mol. The van der Waals surface area contributed by atoms with Gasteiger partial charge in [0.25, 0.3) is 5.91 Å². The first-order valence-electron chi connectivity index (χ1n) is 8.94. The van der Waals surface area contributed by atoms with E-state index < -0.39 is 23.3 Å². The minimum Gasteiger partial charge on any atom is -0.477 e. The summed E-state index contributed by atoms with van der Waals surface area (Å²) in [5.74, 6) is -0.812. The SMILES string of the molecule is CNC(=O)NCc1nnc(SCC2=C(C(=O)O)N3C(=O)C(NC(=O)CSC)[C@H]3SC2)s1. The maximum Gasteiger partial charge on any atom is 0.352 e. The average Bonchev–Trinajstić information content (AvgIpc) is 3.21. The minimum atomic E-state index is -1.17. The Morgan fingerprint density at radius 1 is 1.32 bits per heavy atom. The predicted molar refractivity (Wildman–Crippen MR) is 120 cm³/mol. The van der Waals surface area contributed by atoms with Crippen molar-refractivity contribution >= 4 is 70.4 Å². The van der Waals surface area contributed by atoms with Crippen LogP contribution in [0.3, 0.4) is 0 Å². The molecule has 31 heavy (non-hydrogen) atoms. The normalized spacial score (nSPS) is 20.1. The molecule has 0 aliphatic carbocycles. The number of hydrogen-bond donors (Lipinski definition) is 4. The Morgan fingerprint density at radius 2 is 2.10 bits per heavy atom. The molecule has 2 aliphatic heterocycles. The summed E-state index contributed by atoms with van der Waals surface area (Å²) in [5, 5.41) is 25.7. The molecule has 3 rings (SSSR count). The van der Waals surface area contributed by atoms with Crippen LogP contribution in [-0.2, 0) is 20.9 Å². The molecule has 4 amide bonds. The van der Waals surface area contributed by atoms with E-state index in [1.165, 1.54) is 58.6 Å². The van der Waals surface area contributed by atoms with Crippen molar-refractivity contribution in [3.05, 3.63) is 16.3 Å². The zero-order chi connectivity index (χ0) is 22.5. The summed E-state index contributed by atoms with van der Waals surface area (Å²) in [6.45, 7) is 0.241. The standard InChI is InChI=1S/C16H20N6O5S4/c1-17-15(27)18-3-9-20-21-16(31-9)30-5-7-4-29-13-10(19-8(23)6-28-2)12(24)22(13)11(7)14(25)26/h10,13H,3-6H2,1-2H3,(H,19,23)(H,25,26)(H2,17,18,27)/t10?,13-/m1/s1. The van der Waals surface area contributed by atoms with Gasteiger partial charge in [0.05, 0.1) is 12.3 Å². The number of nitrogens with one attached hydrogen (secondary N) is 3. The first-order chi connectivity index (χ1) is 14.8. The van der Waals surface area contributed by atoms with E-state index in [0.717, 1.165) is 0 Å². The van der Waals surface area contributed by atoms with Crippen molar-refractivity contribution in [1.29, 1.82) is 0 Å². The van der Waals surface area contributed by atoms with E-state index >= 15 is 0 Å². The third kappa shape index (κ3) is 5.45. The number of aliphatic carboxylic acids is 1. The van der Waals surface area contributed by atoms with Crippen LogP contribution in [0, 0.1) is 0 Å². The lowest BCUT2D eigenvalue weighted by molar-refractivity contribution is -0.150. The zero-order valence-corrected chi connectivity index (χ0v) is 19.8. The second kappa shape index (κ2) is 10.6. The van der Waals surface area contributed by atoms with Crippen molar-refractivity contribution in [3.8, 4) is 0 Å². The molecule has 2 aliphatic rings. The minimum absolute atomic E-state index is 0.0253. The van der Waals surface area contributed by atoms with Crippen LogP contribution >= 0.6 is 46.6 Å². The summed E-state index contributed by atoms with van der Waals surface area (Å²) in [6, 6.07) is -1.02. The Morgan fingerprint density at radius 3 is 2.77 bits per heavy atom. The fraction of sp³-hybridized carbons (Fsp3) is 0.500. The number of carboxylic acid groups (broad SMARTS) is 1. The van der Waals surface area contributed by atoms with E-state index in [2.05, 4.69) is 26.1 Å². The van der Waals surface area contributed by atoms with Crippen LogP contribution in [0.4, 0.5) is 4.79 Å². The summed E-state index contributed by atoms with van der Waals surface area (Å²) >= 11 is 5.41. The zero-order valence-electron chi connectivity index (χ0n) is 16.5. The lowest BCUT2D eigenvalue weighted by atomic mass is 10.0. The number of carbonyl (C=O) groups excluding carboxylic acids is 3. The molecule has 0 saturated carbocycles. The molecular formula is C16H20N6O5S4. The van der Waals surface area contributed by atoms with E-state index in [0.29, 0.717) is 26.4 Å². The van der Waals surface area contributed by atoms with Crippen LogP contribution in [0.15, 0.2) is 15.6 Å². The topological polar surface area (TPSA) is 154 Å². The van der Waals surface area contributed by atoms with Crippen molar-refractivity contribution in [2.24, 2.45) is 0 Å². The van der Waals surface area contributed by atoms with Crippen molar-refractivity contribution in [2.45, 2.75) is 22.3 Å². The predicted octanol–water partition coefficient (Wildman–Crippen LogP) is 0.161. The van der Waals surface area contributed by atoms with Gasteiger partial charge >= 0.3 is 12.0 Å². The largest absolute Gasteiger partial charge is 0.477 e. The van der Waals surface area contributed by atoms with Crippen molar-refractivity contribution in [3.63, 3.8) is 0 Å². The first kappa shape index (κ1) is 23.7. The van der Waals surface area contributed by atoms with Gasteiger partial charge in [0.1, 0.15) is 22.1 Å². The van der Waals surface area contributed by atoms with Gasteiger partial charge in [0.2, 0.25) is 5.91 Å². The van der Waals surface area contributed by atoms with Gasteiger partial charge < -0.3 is 21.1 Å². The van der Waals surface area contributed by atoms with Crippen LogP contribution in [0.2, 0.25) is 0 Å². The molecule has 0 radical (unpaired) electrons. The smallest absolute Gasteiger partial charge is 0.352 e. The van der Waals surface area contributed by atoms with Gasteiger partial charge in [0.15, 0.2) is 4.34 Å². The molecule has 1 fully saturated rings. The first-order valence-corrected chi connectivity index (χ1v) is 13.2. The summed E-state index contributed by atoms with van der Waals surface area (Å²) < 4.78 is 0.634. The van der Waals surface area contributed by atoms with Gasteiger partial charge in [-0.25, -0.2) is 9.59 Å². The maximum atomic E-state index is 12.6. The summed E-state index contributed by atoms with van der Waals surface area (Å²) in [7, 11) is 1.51. The van der Waals surface area contributed by atoms with Gasteiger partial charge in [0, 0.05) is 18.6 Å². The molecule has 2 atom stereocenters. The lowest BCUT2D eigenvalue weighted by Crippen LogP contribution is -2.70. The summed E-state index contributed by atoms with van der Waals surface area (Å²) in [6.07, 6.45) is 1.79. The van der Waals surface area contributed by atoms with E-state index in [-0.39, 0.29) is 29.9 Å². The number of β-lactam (4-membered cyclic amide) rings is 1. The van der Waals surface area contributed by atoms with Gasteiger partial charge in [-0.1, -0.05) is 23.1 Å². The van der Waals surface area contributed by atoms with Crippen LogP contribution in [0.5, 0.6) is 0 Å². The molecule has 3 heterocycles. The van der Waals surface area contributed by atoms with Gasteiger partial charge in [-0.2, -0.15) is 11.8 Å². The van der Waals surface area contributed by atoms with Crippen molar-refractivity contribution < 1.29 is 24.3 Å². The Labute approximate surface area is 194 Å². The monoisotopic (exact) mass is 504 g/mol. The van der Waals surface area contributed by atoms with Crippen LogP contribution < -0.4 is 16.0 Å². The number of nitrogens with zero attached hydrogens (tertiary/aromatic N) is 3. The second-order valence-corrected chi connectivity index (χ2v) is 10.6. The molecule has 1 saturated heterocycles. The highest BCUT2D eigenvalue weighted by Gasteiger charge is 2.54. The summed E-state index contributed by atoms with van der Waals surface area (Å²) in [4.78, 5) is 48.8. The molecule has 168 valence electrons. The number of thioether (sulfide) groups is 3. The van der Waals surface area contributed by atoms with Gasteiger partial charge in [-0.05, 0) is 11.8 Å². The maximum absolute atomic E-state index is 12.6. The Hall–Kier alpha value is -1.97. The number of rotatable bonds is 9. The molecule has 0 aromatic carbocycles. The second-order valence-electron chi connectivity index (χ2n) is 6.33. The molecule has 1 unspecified atom stereocenters. The molecule has 1 aromatic rings. The van der Waals surface area contributed by atoms with E-state index in [4.69, 9.17) is 0 Å². The molecule has 1 aromatic heterocycles. The van der Waals surface area contributed by atoms with E-state index in [1.54, 1.807) is 6.26 Å². The Balaban J connectivity index is 1.64. The number of carbonyl (C=O) groups is 4. The van der Waals surface area contributed by atoms with Gasteiger partial charge in [-0.15, -0.1) is 22.0 Å². The number of urea groups is 1. The van der Waals surface area contributed by atoms with Crippen LogP contribution in [-0.4, -0.2) is 86.0 Å². The van der Waals surface area contributed by atoms with E-state index in [9.17, 15) is 24.3 Å². The van der Waals surface area contributed by atoms with Crippen LogP contribution in [0.1, 0.15) is 5.01 Å². The third-order valence-electron chi connectivity index (χ3n) is 4.29. The van der Waals surface area contributed by atoms with Crippen molar-refractivity contribution in [1.82, 2.24) is 31.0 Å². The number of fused-ring (bicyclic) bond motifs is 1. The Kier molecular flexibility index (Phi) is 8.07. The molecule has 4 N–H and O–H groups in total. The summed E-state index contributed by atoms with van der Waals surface area (Å²) in [5.41, 5.74) is 0.587. The quantitative estimate of drug-likeness (QED) is 0.270. The highest BCUT2D eigenvalue weighted by Crippen LogP contribution is 2.41. The number of amides is 4. The average molecular weight is 505 g/mol. The number of hydrogen-bond acceptors (Lipinski definition) is 10. The highest BCUT2D eigenvalue weighted by molar-refractivity contribution is 8.01. The third-order valence-corrected chi connectivity index (χ3v) is 8.32. The van der Waals surface area contributed by atoms with Crippen molar-refractivity contribution in [2.75, 3.05) is 30.6 Å². The van der Waals surface area contributed by atoms with E-state index in [1.807, 2.05) is 0 Å². The van der Waals surface area contributed by atoms with Crippen LogP contribution in [0.25, 0.3) is 0 Å². The number of carboxylic acids is 1. The Bertz CT molecular complexity index is 922. The fourth-order valence-electron chi connectivity index (χ4n) is 2.90. The van der Waals surface area contributed by atoms with Gasteiger partial charge in [-0.3, -0.25) is 14.5 Å². The molecule has 0 bridgehead atoms. The highest BCUT2D eigenvalue weighted by atomic mass is 32.2. The number of aromatic nitrogens is 2. The molecule has 11 nitrogen and oxygen atoms in total.